The van der Waals surface area contributed by atoms with Crippen molar-refractivity contribution < 1.29 is 23.0 Å². The summed E-state index contributed by atoms with van der Waals surface area (Å²) in [4.78, 5) is 14.7. The second-order valence-corrected chi connectivity index (χ2v) is 3.06. The number of hydrogen-bond donors (Lipinski definition) is 0. The summed E-state index contributed by atoms with van der Waals surface area (Å²) >= 11 is 5.20. The highest BCUT2D eigenvalue weighted by Crippen LogP contribution is 2.32. The number of alkyl halides is 2. The molecule has 7 heteroatoms. The Morgan fingerprint density at radius 1 is 1.44 bits per heavy atom. The van der Waals surface area contributed by atoms with Crippen LogP contribution in [-0.4, -0.2) is 24.4 Å². The van der Waals surface area contributed by atoms with Gasteiger partial charge in [0.25, 0.3) is 11.7 Å². The van der Waals surface area contributed by atoms with Gasteiger partial charge < -0.3 is 9.47 Å². The Balaban J connectivity index is 3.47. The molecule has 0 saturated carbocycles. The van der Waals surface area contributed by atoms with E-state index in [4.69, 9.17) is 21.1 Å². The van der Waals surface area contributed by atoms with Gasteiger partial charge in [-0.05, 0) is 11.6 Å². The van der Waals surface area contributed by atoms with Crippen molar-refractivity contribution >= 4 is 16.8 Å². The Morgan fingerprint density at radius 3 is 2.44 bits per heavy atom. The fourth-order valence-electron chi connectivity index (χ4n) is 1.14. The lowest BCUT2D eigenvalue weighted by Gasteiger charge is -2.11. The number of halogens is 3. The Labute approximate surface area is 95.1 Å². The fraction of sp³-hybridized carbons (Fsp3) is 0.333. The average molecular weight is 252 g/mol. The maximum absolute atomic E-state index is 12.7. The van der Waals surface area contributed by atoms with Crippen molar-refractivity contribution in [2.75, 3.05) is 14.2 Å². The Kier molecular flexibility index (Phi) is 4.00. The molecular weight excluding hydrogens is 244 g/mol. The third kappa shape index (κ3) is 2.38. The van der Waals surface area contributed by atoms with Gasteiger partial charge in [-0.3, -0.25) is 4.79 Å². The first-order chi connectivity index (χ1) is 7.51. The number of hydrogen-bond acceptors (Lipinski definition) is 4. The van der Waals surface area contributed by atoms with Crippen LogP contribution in [0.2, 0.25) is 0 Å². The van der Waals surface area contributed by atoms with Crippen LogP contribution < -0.4 is 9.47 Å². The second-order valence-electron chi connectivity index (χ2n) is 2.71. The zero-order valence-corrected chi connectivity index (χ0v) is 9.22. The number of nitrogens with zero attached hydrogens (tertiary/aromatic N) is 1. The van der Waals surface area contributed by atoms with Crippen LogP contribution in [0.25, 0.3) is 0 Å². The molecule has 0 unspecified atom stereocenters. The molecule has 88 valence electrons. The van der Waals surface area contributed by atoms with E-state index in [9.17, 15) is 13.6 Å². The van der Waals surface area contributed by atoms with E-state index in [2.05, 4.69) is 4.98 Å². The molecule has 0 aliphatic rings. The Bertz CT molecular complexity index is 412. The number of carbonyl (C=O) groups excluding carboxylic acids is 1. The molecule has 0 amide bonds. The van der Waals surface area contributed by atoms with E-state index < -0.39 is 22.8 Å². The van der Waals surface area contributed by atoms with Crippen LogP contribution in [0.5, 0.6) is 11.8 Å². The van der Waals surface area contributed by atoms with Gasteiger partial charge in [0.2, 0.25) is 11.8 Å². The number of aromatic nitrogens is 1. The van der Waals surface area contributed by atoms with Crippen molar-refractivity contribution in [2.24, 2.45) is 0 Å². The van der Waals surface area contributed by atoms with Gasteiger partial charge in [0.05, 0.1) is 14.2 Å². The van der Waals surface area contributed by atoms with Crippen LogP contribution in [0.4, 0.5) is 8.78 Å². The smallest absolute Gasteiger partial charge is 0.264 e. The predicted molar refractivity (Wildman–Crippen MR) is 52.5 cm³/mol. The first-order valence-electron chi connectivity index (χ1n) is 4.12. The molecule has 0 fully saturated rings. The van der Waals surface area contributed by atoms with E-state index in [0.717, 1.165) is 6.07 Å². The normalized spacial score (nSPS) is 10.4. The van der Waals surface area contributed by atoms with Crippen molar-refractivity contribution in [3.8, 4) is 11.8 Å². The van der Waals surface area contributed by atoms with Gasteiger partial charge in [0.15, 0.2) is 0 Å². The van der Waals surface area contributed by atoms with Crippen LogP contribution in [0.3, 0.4) is 0 Å². The van der Waals surface area contributed by atoms with Crippen molar-refractivity contribution in [3.05, 3.63) is 17.2 Å². The second kappa shape index (κ2) is 5.07. The predicted octanol–water partition coefficient (Wildman–Crippen LogP) is 2.42. The van der Waals surface area contributed by atoms with Gasteiger partial charge in [-0.15, -0.1) is 0 Å². The molecule has 4 nitrogen and oxygen atoms in total. The largest absolute Gasteiger partial charge is 0.481 e. The quantitative estimate of drug-likeness (QED) is 0.771. The maximum Gasteiger partial charge on any atom is 0.264 e. The van der Waals surface area contributed by atoms with E-state index in [0.29, 0.717) is 0 Å². The number of methoxy groups -OCH3 is 2. The summed E-state index contributed by atoms with van der Waals surface area (Å²) in [6, 6.07) is 0.947. The summed E-state index contributed by atoms with van der Waals surface area (Å²) in [5.74, 6) is -0.358. The zero-order valence-electron chi connectivity index (χ0n) is 8.46. The molecule has 0 aliphatic carbocycles. The van der Waals surface area contributed by atoms with Crippen LogP contribution in [-0.2, 0) is 0 Å². The summed E-state index contributed by atoms with van der Waals surface area (Å²) in [6.45, 7) is 0. The van der Waals surface area contributed by atoms with E-state index in [-0.39, 0.29) is 11.8 Å². The topological polar surface area (TPSA) is 48.4 Å². The molecule has 0 saturated heterocycles. The number of rotatable bonds is 4. The average Bonchev–Trinajstić information content (AvgIpc) is 2.26. The van der Waals surface area contributed by atoms with Gasteiger partial charge in [-0.2, -0.15) is 4.98 Å². The Hall–Kier alpha value is -1.43. The lowest BCUT2D eigenvalue weighted by Crippen LogP contribution is -2.05. The van der Waals surface area contributed by atoms with Crippen molar-refractivity contribution in [3.63, 3.8) is 0 Å². The third-order valence-corrected chi connectivity index (χ3v) is 2.02. The summed E-state index contributed by atoms with van der Waals surface area (Å²) < 4.78 is 34.8. The molecule has 0 N–H and O–H groups in total. The van der Waals surface area contributed by atoms with Crippen LogP contribution >= 0.6 is 11.6 Å². The van der Waals surface area contributed by atoms with Gasteiger partial charge in [-0.25, -0.2) is 8.78 Å². The highest BCUT2D eigenvalue weighted by atomic mass is 35.5. The van der Waals surface area contributed by atoms with Gasteiger partial charge in [0.1, 0.15) is 5.56 Å². The monoisotopic (exact) mass is 251 g/mol. The van der Waals surface area contributed by atoms with Crippen molar-refractivity contribution in [2.45, 2.75) is 6.43 Å². The summed E-state index contributed by atoms with van der Waals surface area (Å²) in [5.41, 5.74) is -1.01. The first kappa shape index (κ1) is 12.6. The van der Waals surface area contributed by atoms with Gasteiger partial charge in [-0.1, -0.05) is 0 Å². The molecule has 0 spiro atoms. The standard InChI is InChI=1S/C9H8ClF2NO3/c1-15-5-3-4(8(11)12)6(7(10)14)9(13-5)16-2/h3,8H,1-2H3. The molecule has 1 rings (SSSR count). The fourth-order valence-corrected chi connectivity index (χ4v) is 1.33. The molecule has 0 bridgehead atoms. The van der Waals surface area contributed by atoms with Crippen LogP contribution in [0.1, 0.15) is 22.3 Å². The lowest BCUT2D eigenvalue weighted by molar-refractivity contribution is 0.106. The summed E-state index contributed by atoms with van der Waals surface area (Å²) in [5, 5.41) is -1.05. The molecule has 16 heavy (non-hydrogen) atoms. The lowest BCUT2D eigenvalue weighted by atomic mass is 10.1. The molecule has 0 radical (unpaired) electrons. The van der Waals surface area contributed by atoms with Gasteiger partial charge >= 0.3 is 0 Å². The molecule has 0 aliphatic heterocycles. The molecule has 1 aromatic heterocycles. The SMILES string of the molecule is COc1cc(C(F)F)c(C(=O)Cl)c(OC)n1. The molecule has 1 heterocycles. The minimum atomic E-state index is -2.87. The summed E-state index contributed by atoms with van der Waals surface area (Å²) in [7, 11) is 2.46. The van der Waals surface area contributed by atoms with E-state index in [1.807, 2.05) is 0 Å². The highest BCUT2D eigenvalue weighted by Gasteiger charge is 2.24. The summed E-state index contributed by atoms with van der Waals surface area (Å²) in [6.07, 6.45) is -2.87. The molecule has 0 aromatic carbocycles. The zero-order chi connectivity index (χ0) is 12.3. The van der Waals surface area contributed by atoms with E-state index >= 15 is 0 Å². The maximum atomic E-state index is 12.7. The molecule has 1 aromatic rings. The van der Waals surface area contributed by atoms with E-state index in [1.54, 1.807) is 0 Å². The molecular formula is C9H8ClF2NO3. The Morgan fingerprint density at radius 2 is 2.06 bits per heavy atom. The first-order valence-corrected chi connectivity index (χ1v) is 4.50. The number of pyridine rings is 1. The van der Waals surface area contributed by atoms with Crippen molar-refractivity contribution in [1.82, 2.24) is 4.98 Å². The highest BCUT2D eigenvalue weighted by molar-refractivity contribution is 6.68. The van der Waals surface area contributed by atoms with Gasteiger partial charge in [0, 0.05) is 11.6 Å². The third-order valence-electron chi connectivity index (χ3n) is 1.83. The van der Waals surface area contributed by atoms with E-state index in [1.165, 1.54) is 14.2 Å². The van der Waals surface area contributed by atoms with Crippen LogP contribution in [0.15, 0.2) is 6.07 Å². The molecule has 0 atom stereocenters. The van der Waals surface area contributed by atoms with Crippen molar-refractivity contribution in [1.29, 1.82) is 0 Å². The minimum absolute atomic E-state index is 0.0752. The van der Waals surface area contributed by atoms with Crippen LogP contribution in [0, 0.1) is 0 Å². The minimum Gasteiger partial charge on any atom is -0.481 e. The number of carbonyl (C=O) groups is 1. The number of ether oxygens (including phenoxy) is 2.